The Morgan fingerprint density at radius 1 is 1.33 bits per heavy atom. The van der Waals surface area contributed by atoms with Crippen LogP contribution in [0, 0.1) is 6.92 Å². The summed E-state index contributed by atoms with van der Waals surface area (Å²) in [6, 6.07) is 2.13. The number of hydrogen-bond acceptors (Lipinski definition) is 7. The molecule has 0 aliphatic rings. The number of aryl methyl sites for hydroxylation is 1. The Morgan fingerprint density at radius 3 is 3.05 bits per heavy atom. The summed E-state index contributed by atoms with van der Waals surface area (Å²) >= 11 is 1.62. The lowest BCUT2D eigenvalue weighted by Gasteiger charge is -2.06. The van der Waals surface area contributed by atoms with Crippen LogP contribution in [-0.2, 0) is 17.0 Å². The van der Waals surface area contributed by atoms with Crippen LogP contribution < -0.4 is 5.32 Å². The summed E-state index contributed by atoms with van der Waals surface area (Å²) in [7, 11) is 1.69. The summed E-state index contributed by atoms with van der Waals surface area (Å²) in [5.74, 6) is 0.812. The molecule has 0 radical (unpaired) electrons. The van der Waals surface area contributed by atoms with Crippen LogP contribution in [0.2, 0.25) is 0 Å². The molecule has 0 aliphatic heterocycles. The second-order valence-corrected chi connectivity index (χ2v) is 5.53. The molecule has 2 heterocycles. The van der Waals surface area contributed by atoms with Gasteiger partial charge in [-0.25, -0.2) is 4.68 Å². The monoisotopic (exact) mass is 308 g/mol. The van der Waals surface area contributed by atoms with E-state index in [2.05, 4.69) is 31.9 Å². The van der Waals surface area contributed by atoms with E-state index in [9.17, 15) is 0 Å². The number of pyridine rings is 1. The van der Waals surface area contributed by atoms with Gasteiger partial charge in [-0.1, -0.05) is 17.8 Å². The van der Waals surface area contributed by atoms with Crippen molar-refractivity contribution in [3.05, 3.63) is 29.6 Å². The lowest BCUT2D eigenvalue weighted by molar-refractivity contribution is 0.199. The third-order valence-corrected chi connectivity index (χ3v) is 3.81. The van der Waals surface area contributed by atoms with Gasteiger partial charge in [0, 0.05) is 38.3 Å². The fourth-order valence-electron chi connectivity index (χ4n) is 1.77. The van der Waals surface area contributed by atoms with Gasteiger partial charge in [-0.3, -0.25) is 4.98 Å². The molecule has 21 heavy (non-hydrogen) atoms. The molecule has 0 saturated carbocycles. The smallest absolute Gasteiger partial charge is 0.209 e. The zero-order valence-electron chi connectivity index (χ0n) is 12.3. The molecule has 0 amide bonds. The van der Waals surface area contributed by atoms with Crippen molar-refractivity contribution in [3.8, 4) is 0 Å². The van der Waals surface area contributed by atoms with Crippen molar-refractivity contribution in [1.29, 1.82) is 0 Å². The highest BCUT2D eigenvalue weighted by Gasteiger charge is 2.07. The Labute approximate surface area is 128 Å². The van der Waals surface area contributed by atoms with Crippen molar-refractivity contribution in [3.63, 3.8) is 0 Å². The average Bonchev–Trinajstić information content (AvgIpc) is 2.92. The van der Waals surface area contributed by atoms with E-state index < -0.39 is 0 Å². The summed E-state index contributed by atoms with van der Waals surface area (Å²) in [5, 5.41) is 15.9. The third-order valence-electron chi connectivity index (χ3n) is 2.78. The molecule has 114 valence electrons. The predicted molar refractivity (Wildman–Crippen MR) is 81.1 cm³/mol. The molecule has 0 fully saturated rings. The molecule has 0 atom stereocenters. The van der Waals surface area contributed by atoms with Gasteiger partial charge in [-0.15, -0.1) is 5.10 Å². The van der Waals surface area contributed by atoms with Crippen LogP contribution in [0.15, 0.2) is 23.6 Å². The Kier molecular flexibility index (Phi) is 6.58. The van der Waals surface area contributed by atoms with Crippen molar-refractivity contribution in [2.24, 2.45) is 0 Å². The van der Waals surface area contributed by atoms with Gasteiger partial charge in [-0.05, 0) is 28.5 Å². The van der Waals surface area contributed by atoms with Crippen molar-refractivity contribution in [2.75, 3.05) is 26.8 Å². The fourth-order valence-corrected chi connectivity index (χ4v) is 2.59. The summed E-state index contributed by atoms with van der Waals surface area (Å²) < 4.78 is 6.79. The minimum Gasteiger partial charge on any atom is -0.383 e. The Balaban J connectivity index is 1.80. The quantitative estimate of drug-likeness (QED) is 0.545. The molecule has 8 heteroatoms. The van der Waals surface area contributed by atoms with Gasteiger partial charge in [0.15, 0.2) is 0 Å². The maximum atomic E-state index is 4.98. The van der Waals surface area contributed by atoms with E-state index >= 15 is 0 Å². The number of methoxy groups -OCH3 is 1. The lowest BCUT2D eigenvalue weighted by atomic mass is 10.2. The number of nitrogens with one attached hydrogen (secondary N) is 1. The number of tetrazole rings is 1. The van der Waals surface area contributed by atoms with Gasteiger partial charge in [0.1, 0.15) is 0 Å². The maximum Gasteiger partial charge on any atom is 0.209 e. The molecule has 0 unspecified atom stereocenters. The van der Waals surface area contributed by atoms with E-state index in [0.717, 1.165) is 36.1 Å². The molecule has 0 aromatic carbocycles. The first-order valence-corrected chi connectivity index (χ1v) is 7.77. The lowest BCUT2D eigenvalue weighted by Crippen LogP contribution is -2.24. The molecular weight excluding hydrogens is 288 g/mol. The van der Waals surface area contributed by atoms with Gasteiger partial charge in [0.2, 0.25) is 5.16 Å². The first-order valence-electron chi connectivity index (χ1n) is 6.78. The third kappa shape index (κ3) is 5.41. The summed E-state index contributed by atoms with van der Waals surface area (Å²) in [6.45, 7) is 5.13. The minimum atomic E-state index is 0.706. The summed E-state index contributed by atoms with van der Waals surface area (Å²) in [4.78, 5) is 4.19. The van der Waals surface area contributed by atoms with E-state index in [1.54, 1.807) is 18.9 Å². The highest BCUT2D eigenvalue weighted by Crippen LogP contribution is 2.19. The van der Waals surface area contributed by atoms with Crippen LogP contribution in [0.3, 0.4) is 0 Å². The van der Waals surface area contributed by atoms with Crippen molar-refractivity contribution in [2.45, 2.75) is 24.4 Å². The van der Waals surface area contributed by atoms with E-state index in [-0.39, 0.29) is 0 Å². The summed E-state index contributed by atoms with van der Waals surface area (Å²) in [5.41, 5.74) is 2.34. The first kappa shape index (κ1) is 15.9. The molecule has 0 bridgehead atoms. The highest BCUT2D eigenvalue weighted by atomic mass is 32.2. The Bertz CT molecular complexity index is 547. The number of rotatable bonds is 9. The van der Waals surface area contributed by atoms with Gasteiger partial charge in [-0.2, -0.15) is 0 Å². The molecule has 2 aromatic heterocycles. The van der Waals surface area contributed by atoms with Gasteiger partial charge in [0.05, 0.1) is 13.2 Å². The number of ether oxygens (including phenoxy) is 1. The zero-order chi connectivity index (χ0) is 14.9. The highest BCUT2D eigenvalue weighted by molar-refractivity contribution is 7.98. The van der Waals surface area contributed by atoms with E-state index in [1.807, 2.05) is 24.0 Å². The normalized spacial score (nSPS) is 11.0. The van der Waals surface area contributed by atoms with E-state index in [0.29, 0.717) is 6.61 Å². The Morgan fingerprint density at radius 2 is 2.24 bits per heavy atom. The largest absolute Gasteiger partial charge is 0.383 e. The van der Waals surface area contributed by atoms with Crippen LogP contribution in [-0.4, -0.2) is 52.0 Å². The molecule has 1 N–H and O–H groups in total. The van der Waals surface area contributed by atoms with Crippen LogP contribution in [0.25, 0.3) is 0 Å². The second kappa shape index (κ2) is 8.71. The molecule has 0 saturated heterocycles. The molecule has 7 nitrogen and oxygen atoms in total. The molecule has 0 aliphatic carbocycles. The fraction of sp³-hybridized carbons (Fsp3) is 0.538. The van der Waals surface area contributed by atoms with Crippen molar-refractivity contribution in [1.82, 2.24) is 30.5 Å². The van der Waals surface area contributed by atoms with Crippen molar-refractivity contribution < 1.29 is 4.74 Å². The van der Waals surface area contributed by atoms with Gasteiger partial charge in [0.25, 0.3) is 0 Å². The number of thioether (sulfide) groups is 1. The van der Waals surface area contributed by atoms with Gasteiger partial charge < -0.3 is 10.1 Å². The summed E-state index contributed by atoms with van der Waals surface area (Å²) in [6.07, 6.45) is 3.73. The van der Waals surface area contributed by atoms with Crippen molar-refractivity contribution >= 4 is 11.8 Å². The number of aromatic nitrogens is 5. The SMILES string of the molecule is COCCNCCn1nnnc1SCc1cncc(C)c1. The predicted octanol–water partition coefficient (Wildman–Crippen LogP) is 0.905. The minimum absolute atomic E-state index is 0.706. The molecule has 0 spiro atoms. The number of hydrogen-bond donors (Lipinski definition) is 1. The average molecular weight is 308 g/mol. The topological polar surface area (TPSA) is 77.8 Å². The first-order chi connectivity index (χ1) is 10.3. The van der Waals surface area contributed by atoms with Gasteiger partial charge >= 0.3 is 0 Å². The zero-order valence-corrected chi connectivity index (χ0v) is 13.1. The van der Waals surface area contributed by atoms with E-state index in [1.165, 1.54) is 5.56 Å². The molecule has 2 aromatic rings. The van der Waals surface area contributed by atoms with Crippen LogP contribution in [0.5, 0.6) is 0 Å². The number of nitrogens with zero attached hydrogens (tertiary/aromatic N) is 5. The second-order valence-electron chi connectivity index (χ2n) is 4.59. The van der Waals surface area contributed by atoms with Crippen LogP contribution >= 0.6 is 11.8 Å². The van der Waals surface area contributed by atoms with Crippen LogP contribution in [0.4, 0.5) is 0 Å². The molecule has 2 rings (SSSR count). The molecular formula is C13H20N6OS. The van der Waals surface area contributed by atoms with Crippen LogP contribution in [0.1, 0.15) is 11.1 Å². The Hall–Kier alpha value is -1.51. The maximum absolute atomic E-state index is 4.98. The standard InChI is InChI=1S/C13H20N6OS/c1-11-7-12(9-15-8-11)10-21-13-16-17-18-19(13)5-3-14-4-6-20-2/h7-9,14H,3-6,10H2,1-2H3. The van der Waals surface area contributed by atoms with E-state index in [4.69, 9.17) is 4.74 Å².